The second-order valence-corrected chi connectivity index (χ2v) is 0.736. The SMILES string of the molecule is C=CC#N.NC(N)=O. The fourth-order valence-electron chi connectivity index (χ4n) is 0. The van der Waals surface area contributed by atoms with E-state index in [4.69, 9.17) is 10.1 Å². The number of carbonyl (C=O) groups excluding carboxylic acids is 1. The van der Waals surface area contributed by atoms with Gasteiger partial charge in [0, 0.05) is 6.08 Å². The largest absolute Gasteiger partial charge is 0.352 e. The summed E-state index contributed by atoms with van der Waals surface area (Å²) in [6.45, 7) is 3.12. The lowest BCUT2D eigenvalue weighted by Gasteiger charge is -1.62. The van der Waals surface area contributed by atoms with Gasteiger partial charge in [-0.05, 0) is 0 Å². The van der Waals surface area contributed by atoms with Gasteiger partial charge in [0.15, 0.2) is 0 Å². The monoisotopic (exact) mass is 113 g/mol. The van der Waals surface area contributed by atoms with Crippen LogP contribution in [0.5, 0.6) is 0 Å². The van der Waals surface area contributed by atoms with E-state index in [0.717, 1.165) is 0 Å². The normalized spacial score (nSPS) is 4.88. The van der Waals surface area contributed by atoms with Gasteiger partial charge in [-0.25, -0.2) is 4.79 Å². The molecule has 44 valence electrons. The molecule has 4 heteroatoms. The van der Waals surface area contributed by atoms with Crippen molar-refractivity contribution in [2.75, 3.05) is 0 Å². The van der Waals surface area contributed by atoms with E-state index in [1.54, 1.807) is 6.07 Å². The zero-order valence-corrected chi connectivity index (χ0v) is 4.29. The average Bonchev–Trinajstić information content (AvgIpc) is 1.65. The maximum atomic E-state index is 9.00. The number of rotatable bonds is 0. The van der Waals surface area contributed by atoms with Crippen molar-refractivity contribution in [3.63, 3.8) is 0 Å². The summed E-state index contributed by atoms with van der Waals surface area (Å²) in [6, 6.07) is 0.861. The predicted molar refractivity (Wildman–Crippen MR) is 29.6 cm³/mol. The molecule has 4 nitrogen and oxygen atoms in total. The van der Waals surface area contributed by atoms with E-state index in [-0.39, 0.29) is 0 Å². The molecular weight excluding hydrogens is 106 g/mol. The zero-order valence-electron chi connectivity index (χ0n) is 4.29. The van der Waals surface area contributed by atoms with E-state index in [2.05, 4.69) is 18.0 Å². The van der Waals surface area contributed by atoms with E-state index in [0.29, 0.717) is 0 Å². The van der Waals surface area contributed by atoms with Gasteiger partial charge >= 0.3 is 6.03 Å². The Morgan fingerprint density at radius 2 is 1.88 bits per heavy atom. The maximum Gasteiger partial charge on any atom is 0.309 e. The molecule has 0 aromatic rings. The summed E-state index contributed by atoms with van der Waals surface area (Å²) in [5, 5.41) is 7.51. The molecule has 2 amide bonds. The van der Waals surface area contributed by atoms with Crippen LogP contribution in [-0.4, -0.2) is 6.03 Å². The zero-order chi connectivity index (χ0) is 6.99. The predicted octanol–water partition coefficient (Wildman–Crippen LogP) is -0.280. The van der Waals surface area contributed by atoms with Crippen molar-refractivity contribution in [3.05, 3.63) is 12.7 Å². The topological polar surface area (TPSA) is 92.9 Å². The van der Waals surface area contributed by atoms with Gasteiger partial charge < -0.3 is 11.5 Å². The van der Waals surface area contributed by atoms with Gasteiger partial charge in [-0.3, -0.25) is 0 Å². The highest BCUT2D eigenvalue weighted by Crippen LogP contribution is 1.41. The third kappa shape index (κ3) is 220. The molecule has 0 unspecified atom stereocenters. The third-order valence-electron chi connectivity index (χ3n) is 0.0913. The number of carbonyl (C=O) groups is 1. The Hall–Kier alpha value is -1.50. The first-order chi connectivity index (χ1) is 3.65. The maximum absolute atomic E-state index is 9.00. The Balaban J connectivity index is 0. The van der Waals surface area contributed by atoms with Gasteiger partial charge in [-0.15, -0.1) is 0 Å². The first-order valence-corrected chi connectivity index (χ1v) is 1.70. The minimum Gasteiger partial charge on any atom is -0.352 e. The van der Waals surface area contributed by atoms with E-state index in [1.165, 1.54) is 6.08 Å². The molecule has 0 aliphatic rings. The van der Waals surface area contributed by atoms with Crippen LogP contribution in [0.25, 0.3) is 0 Å². The van der Waals surface area contributed by atoms with E-state index in [9.17, 15) is 0 Å². The molecule has 0 heterocycles. The van der Waals surface area contributed by atoms with E-state index in [1.807, 2.05) is 0 Å². The van der Waals surface area contributed by atoms with Crippen LogP contribution >= 0.6 is 0 Å². The Labute approximate surface area is 47.4 Å². The van der Waals surface area contributed by atoms with E-state index < -0.39 is 6.03 Å². The second kappa shape index (κ2) is 9.09. The number of nitrogens with zero attached hydrogens (tertiary/aromatic N) is 1. The van der Waals surface area contributed by atoms with Crippen LogP contribution in [0.1, 0.15) is 0 Å². The van der Waals surface area contributed by atoms with Gasteiger partial charge in [0.1, 0.15) is 0 Å². The fourth-order valence-corrected chi connectivity index (χ4v) is 0. The molecule has 0 radical (unpaired) electrons. The standard InChI is InChI=1S/C3H3N.CH4N2O/c1-2-3-4;2-1(3)4/h2H,1H2;(H4,2,3,4). The number of nitriles is 1. The molecule has 0 saturated heterocycles. The molecule has 0 bridgehead atoms. The number of amides is 2. The van der Waals surface area contributed by atoms with Crippen LogP contribution in [-0.2, 0) is 0 Å². The van der Waals surface area contributed by atoms with Crippen molar-refractivity contribution in [1.82, 2.24) is 0 Å². The van der Waals surface area contributed by atoms with Crippen molar-refractivity contribution in [3.8, 4) is 6.07 Å². The summed E-state index contributed by atoms with van der Waals surface area (Å²) in [4.78, 5) is 9.00. The second-order valence-electron chi connectivity index (χ2n) is 0.736. The lowest BCUT2D eigenvalue weighted by Crippen LogP contribution is -2.18. The van der Waals surface area contributed by atoms with Crippen LogP contribution < -0.4 is 11.5 Å². The number of nitrogens with two attached hydrogens (primary N) is 2. The molecular formula is C4H7N3O. The number of hydrogen-bond acceptors (Lipinski definition) is 2. The minimum atomic E-state index is -0.833. The van der Waals surface area contributed by atoms with Gasteiger partial charge in [0.05, 0.1) is 6.07 Å². The first kappa shape index (κ1) is 9.71. The Morgan fingerprint density at radius 3 is 1.88 bits per heavy atom. The van der Waals surface area contributed by atoms with Crippen molar-refractivity contribution >= 4 is 6.03 Å². The van der Waals surface area contributed by atoms with Crippen LogP contribution in [0.2, 0.25) is 0 Å². The summed E-state index contributed by atoms with van der Waals surface area (Å²) in [7, 11) is 0. The number of urea groups is 1. The molecule has 0 rings (SSSR count). The number of allylic oxidation sites excluding steroid dienone is 1. The van der Waals surface area contributed by atoms with Crippen LogP contribution in [0.15, 0.2) is 12.7 Å². The quantitative estimate of drug-likeness (QED) is 0.423. The Morgan fingerprint density at radius 1 is 1.75 bits per heavy atom. The molecule has 0 saturated carbocycles. The molecule has 4 N–H and O–H groups in total. The highest BCUT2D eigenvalue weighted by Gasteiger charge is 1.60. The highest BCUT2D eigenvalue weighted by atomic mass is 16.2. The Bertz CT molecular complexity index is 109. The lowest BCUT2D eigenvalue weighted by molar-refractivity contribution is 0.256. The summed E-state index contributed by atoms with van der Waals surface area (Å²) < 4.78 is 0. The summed E-state index contributed by atoms with van der Waals surface area (Å²) >= 11 is 0. The molecule has 8 heavy (non-hydrogen) atoms. The smallest absolute Gasteiger partial charge is 0.309 e. The number of primary amides is 2. The summed E-state index contributed by atoms with van der Waals surface area (Å²) in [5.41, 5.74) is 8.50. The number of hydrogen-bond donors (Lipinski definition) is 2. The summed E-state index contributed by atoms with van der Waals surface area (Å²) in [6.07, 6.45) is 1.18. The van der Waals surface area contributed by atoms with Gasteiger partial charge in [-0.1, -0.05) is 6.58 Å². The molecule has 0 fully saturated rings. The van der Waals surface area contributed by atoms with Gasteiger partial charge in [0.2, 0.25) is 0 Å². The van der Waals surface area contributed by atoms with Crippen molar-refractivity contribution in [1.29, 1.82) is 5.26 Å². The average molecular weight is 113 g/mol. The lowest BCUT2D eigenvalue weighted by atomic mass is 10.8. The Kier molecular flexibility index (Phi) is 11.0. The minimum absolute atomic E-state index is 0.833. The fraction of sp³-hybridized carbons (Fsp3) is 0. The molecule has 0 spiro atoms. The van der Waals surface area contributed by atoms with Gasteiger partial charge in [-0.2, -0.15) is 5.26 Å². The van der Waals surface area contributed by atoms with Crippen LogP contribution in [0.3, 0.4) is 0 Å². The van der Waals surface area contributed by atoms with Crippen LogP contribution in [0, 0.1) is 11.3 Å². The molecule has 0 aromatic carbocycles. The van der Waals surface area contributed by atoms with Crippen LogP contribution in [0.4, 0.5) is 4.79 Å². The molecule has 0 aliphatic carbocycles. The molecule has 0 atom stereocenters. The molecule has 0 aliphatic heterocycles. The summed E-state index contributed by atoms with van der Waals surface area (Å²) in [5.74, 6) is 0. The van der Waals surface area contributed by atoms with Crippen molar-refractivity contribution in [2.24, 2.45) is 11.5 Å². The van der Waals surface area contributed by atoms with Crippen molar-refractivity contribution in [2.45, 2.75) is 0 Å². The van der Waals surface area contributed by atoms with Gasteiger partial charge in [0.25, 0.3) is 0 Å². The first-order valence-electron chi connectivity index (χ1n) is 1.70. The molecule has 0 aromatic heterocycles. The third-order valence-corrected chi connectivity index (χ3v) is 0.0913. The van der Waals surface area contributed by atoms with Crippen molar-refractivity contribution < 1.29 is 4.79 Å². The highest BCUT2D eigenvalue weighted by molar-refractivity contribution is 5.69. The van der Waals surface area contributed by atoms with E-state index >= 15 is 0 Å².